The van der Waals surface area contributed by atoms with Crippen LogP contribution in [-0.2, 0) is 6.42 Å². The molecule has 0 heterocycles. The molecule has 2 nitrogen and oxygen atoms in total. The third-order valence-corrected chi connectivity index (χ3v) is 3.46. The van der Waals surface area contributed by atoms with E-state index in [4.69, 9.17) is 0 Å². The van der Waals surface area contributed by atoms with Crippen molar-refractivity contribution in [3.05, 3.63) is 59.2 Å². The van der Waals surface area contributed by atoms with Crippen LogP contribution in [0.4, 0.5) is 0 Å². The number of unbranched alkanes of at least 4 members (excludes halogenated alkanes) is 1. The Balaban J connectivity index is 2.63. The predicted molar refractivity (Wildman–Crippen MR) is 82.2 cm³/mol. The summed E-state index contributed by atoms with van der Waals surface area (Å²) in [6.45, 7) is 4.10. The van der Waals surface area contributed by atoms with Crippen LogP contribution >= 0.6 is 0 Å². The van der Waals surface area contributed by atoms with E-state index in [1.165, 1.54) is 0 Å². The Morgan fingerprint density at radius 2 is 1.85 bits per heavy atom. The SMILES string of the molecule is CCCCc1cc(C)cc(C(=O)O)c1-c1ccccc1. The Hall–Kier alpha value is -2.09. The van der Waals surface area contributed by atoms with Crippen LogP contribution < -0.4 is 0 Å². The van der Waals surface area contributed by atoms with E-state index in [1.54, 1.807) is 6.07 Å². The highest BCUT2D eigenvalue weighted by molar-refractivity contribution is 5.97. The summed E-state index contributed by atoms with van der Waals surface area (Å²) in [5, 5.41) is 9.50. The fourth-order valence-electron chi connectivity index (χ4n) is 2.54. The number of hydrogen-bond donors (Lipinski definition) is 1. The molecule has 0 unspecified atom stereocenters. The van der Waals surface area contributed by atoms with E-state index >= 15 is 0 Å². The number of benzene rings is 2. The van der Waals surface area contributed by atoms with Crippen LogP contribution in [0, 0.1) is 6.92 Å². The van der Waals surface area contributed by atoms with E-state index in [0.717, 1.165) is 41.5 Å². The van der Waals surface area contributed by atoms with Gasteiger partial charge in [0, 0.05) is 0 Å². The Kier molecular flexibility index (Phi) is 4.57. The number of rotatable bonds is 5. The maximum Gasteiger partial charge on any atom is 0.336 e. The number of aromatic carboxylic acids is 1. The molecule has 0 radical (unpaired) electrons. The largest absolute Gasteiger partial charge is 0.478 e. The zero-order valence-corrected chi connectivity index (χ0v) is 12.0. The van der Waals surface area contributed by atoms with E-state index in [9.17, 15) is 9.90 Å². The third kappa shape index (κ3) is 3.08. The summed E-state index contributed by atoms with van der Waals surface area (Å²) >= 11 is 0. The van der Waals surface area contributed by atoms with Gasteiger partial charge in [-0.05, 0) is 48.1 Å². The first-order valence-electron chi connectivity index (χ1n) is 7.05. The molecular weight excluding hydrogens is 248 g/mol. The van der Waals surface area contributed by atoms with Crippen LogP contribution in [0.15, 0.2) is 42.5 Å². The second kappa shape index (κ2) is 6.38. The fourth-order valence-corrected chi connectivity index (χ4v) is 2.54. The van der Waals surface area contributed by atoms with Gasteiger partial charge in [-0.15, -0.1) is 0 Å². The second-order valence-electron chi connectivity index (χ2n) is 5.12. The summed E-state index contributed by atoms with van der Waals surface area (Å²) in [5.41, 5.74) is 4.40. The maximum absolute atomic E-state index is 11.6. The molecule has 0 amide bonds. The number of carboxylic acid groups (broad SMARTS) is 1. The van der Waals surface area contributed by atoms with E-state index in [2.05, 4.69) is 13.0 Å². The topological polar surface area (TPSA) is 37.3 Å². The van der Waals surface area contributed by atoms with Crippen molar-refractivity contribution in [1.82, 2.24) is 0 Å². The van der Waals surface area contributed by atoms with Gasteiger partial charge in [-0.25, -0.2) is 4.79 Å². The molecule has 2 heteroatoms. The van der Waals surface area contributed by atoms with Crippen molar-refractivity contribution in [3.8, 4) is 11.1 Å². The summed E-state index contributed by atoms with van der Waals surface area (Å²) in [7, 11) is 0. The average molecular weight is 268 g/mol. The lowest BCUT2D eigenvalue weighted by Crippen LogP contribution is -2.04. The van der Waals surface area contributed by atoms with Crippen LogP contribution in [0.5, 0.6) is 0 Å². The van der Waals surface area contributed by atoms with Gasteiger partial charge < -0.3 is 5.11 Å². The van der Waals surface area contributed by atoms with Gasteiger partial charge in [-0.3, -0.25) is 0 Å². The minimum Gasteiger partial charge on any atom is -0.478 e. The molecule has 0 aliphatic rings. The van der Waals surface area contributed by atoms with Gasteiger partial charge in [0.05, 0.1) is 5.56 Å². The van der Waals surface area contributed by atoms with Crippen LogP contribution in [0.25, 0.3) is 11.1 Å². The smallest absolute Gasteiger partial charge is 0.336 e. The molecule has 0 aromatic heterocycles. The molecule has 2 aromatic rings. The highest BCUT2D eigenvalue weighted by Crippen LogP contribution is 2.30. The number of hydrogen-bond acceptors (Lipinski definition) is 1. The molecule has 104 valence electrons. The minimum absolute atomic E-state index is 0.405. The summed E-state index contributed by atoms with van der Waals surface area (Å²) in [4.78, 5) is 11.6. The lowest BCUT2D eigenvalue weighted by molar-refractivity contribution is 0.0697. The van der Waals surface area contributed by atoms with Crippen LogP contribution in [0.2, 0.25) is 0 Å². The second-order valence-corrected chi connectivity index (χ2v) is 5.12. The molecule has 2 aromatic carbocycles. The van der Waals surface area contributed by atoms with Gasteiger partial charge in [0.1, 0.15) is 0 Å². The molecule has 0 atom stereocenters. The Morgan fingerprint density at radius 3 is 2.45 bits per heavy atom. The summed E-state index contributed by atoms with van der Waals surface area (Å²) in [5.74, 6) is -0.856. The van der Waals surface area contributed by atoms with Crippen molar-refractivity contribution in [2.45, 2.75) is 33.1 Å². The van der Waals surface area contributed by atoms with Gasteiger partial charge >= 0.3 is 5.97 Å². The molecule has 20 heavy (non-hydrogen) atoms. The van der Waals surface area contributed by atoms with Gasteiger partial charge in [0.2, 0.25) is 0 Å². The number of carboxylic acids is 1. The van der Waals surface area contributed by atoms with Crippen molar-refractivity contribution in [2.24, 2.45) is 0 Å². The van der Waals surface area contributed by atoms with Crippen LogP contribution in [-0.4, -0.2) is 11.1 Å². The quantitative estimate of drug-likeness (QED) is 0.853. The van der Waals surface area contributed by atoms with Crippen molar-refractivity contribution >= 4 is 5.97 Å². The molecule has 0 aliphatic heterocycles. The molecular formula is C18H20O2. The molecule has 0 fully saturated rings. The summed E-state index contributed by atoms with van der Waals surface area (Å²) < 4.78 is 0. The third-order valence-electron chi connectivity index (χ3n) is 3.46. The van der Waals surface area contributed by atoms with E-state index in [1.807, 2.05) is 37.3 Å². The summed E-state index contributed by atoms with van der Waals surface area (Å²) in [6.07, 6.45) is 3.09. The lowest BCUT2D eigenvalue weighted by atomic mass is 9.90. The Bertz CT molecular complexity index is 600. The monoisotopic (exact) mass is 268 g/mol. The zero-order chi connectivity index (χ0) is 14.5. The minimum atomic E-state index is -0.856. The van der Waals surface area contributed by atoms with Gasteiger partial charge in [-0.1, -0.05) is 49.7 Å². The maximum atomic E-state index is 11.6. The standard InChI is InChI=1S/C18H20O2/c1-3-4-8-15-11-13(2)12-16(18(19)20)17(15)14-9-6-5-7-10-14/h5-7,9-12H,3-4,8H2,1-2H3,(H,19,20). The molecule has 0 saturated heterocycles. The molecule has 0 spiro atoms. The molecule has 0 aliphatic carbocycles. The molecule has 0 bridgehead atoms. The van der Waals surface area contributed by atoms with E-state index in [-0.39, 0.29) is 0 Å². The van der Waals surface area contributed by atoms with E-state index in [0.29, 0.717) is 5.56 Å². The average Bonchev–Trinajstić information content (AvgIpc) is 2.45. The van der Waals surface area contributed by atoms with Crippen molar-refractivity contribution in [2.75, 3.05) is 0 Å². The highest BCUT2D eigenvalue weighted by Gasteiger charge is 2.16. The Labute approximate surface area is 120 Å². The lowest BCUT2D eigenvalue weighted by Gasteiger charge is -2.14. The molecule has 0 saturated carbocycles. The first-order valence-corrected chi connectivity index (χ1v) is 7.05. The molecule has 1 N–H and O–H groups in total. The normalized spacial score (nSPS) is 10.5. The van der Waals surface area contributed by atoms with Gasteiger partial charge in [-0.2, -0.15) is 0 Å². The van der Waals surface area contributed by atoms with Crippen molar-refractivity contribution in [1.29, 1.82) is 0 Å². The van der Waals surface area contributed by atoms with Crippen LogP contribution in [0.1, 0.15) is 41.3 Å². The molecule has 2 rings (SSSR count). The van der Waals surface area contributed by atoms with Gasteiger partial charge in [0.25, 0.3) is 0 Å². The van der Waals surface area contributed by atoms with Crippen molar-refractivity contribution < 1.29 is 9.90 Å². The highest BCUT2D eigenvalue weighted by atomic mass is 16.4. The zero-order valence-electron chi connectivity index (χ0n) is 12.0. The Morgan fingerprint density at radius 1 is 1.15 bits per heavy atom. The van der Waals surface area contributed by atoms with Crippen LogP contribution in [0.3, 0.4) is 0 Å². The predicted octanol–water partition coefficient (Wildman–Crippen LogP) is 4.70. The van der Waals surface area contributed by atoms with Gasteiger partial charge in [0.15, 0.2) is 0 Å². The first-order chi connectivity index (χ1) is 9.63. The summed E-state index contributed by atoms with van der Waals surface area (Å²) in [6, 6.07) is 13.7. The number of aryl methyl sites for hydroxylation is 2. The van der Waals surface area contributed by atoms with Crippen molar-refractivity contribution in [3.63, 3.8) is 0 Å². The number of carbonyl (C=O) groups is 1. The first kappa shape index (κ1) is 14.3. The van der Waals surface area contributed by atoms with E-state index < -0.39 is 5.97 Å². The fraction of sp³-hybridized carbons (Fsp3) is 0.278.